The second kappa shape index (κ2) is 14.3. The predicted molar refractivity (Wildman–Crippen MR) is 174 cm³/mol. The number of hydrogen-bond donors (Lipinski definition) is 1. The normalized spacial score (nSPS) is 13.2. The highest BCUT2D eigenvalue weighted by Crippen LogP contribution is 2.26. The maximum Gasteiger partial charge on any atom is 0.244 e. The van der Waals surface area contributed by atoms with Crippen molar-refractivity contribution in [1.82, 2.24) is 10.2 Å². The van der Waals surface area contributed by atoms with Crippen LogP contribution in [-0.4, -0.2) is 50.0 Å². The maximum atomic E-state index is 14.2. The fourth-order valence-electron chi connectivity index (χ4n) is 4.57. The van der Waals surface area contributed by atoms with Crippen LogP contribution in [0.5, 0.6) is 0 Å². The summed E-state index contributed by atoms with van der Waals surface area (Å²) >= 11 is 3.50. The van der Waals surface area contributed by atoms with E-state index in [1.54, 1.807) is 12.1 Å². The van der Waals surface area contributed by atoms with Gasteiger partial charge in [0.05, 0.1) is 11.9 Å². The van der Waals surface area contributed by atoms with Gasteiger partial charge in [-0.15, -0.1) is 0 Å². The molecule has 0 saturated heterocycles. The van der Waals surface area contributed by atoms with Crippen molar-refractivity contribution < 1.29 is 18.0 Å². The highest BCUT2D eigenvalue weighted by Gasteiger charge is 2.33. The topological polar surface area (TPSA) is 86.8 Å². The van der Waals surface area contributed by atoms with Crippen LogP contribution in [0.2, 0.25) is 0 Å². The van der Waals surface area contributed by atoms with Crippen LogP contribution >= 0.6 is 15.9 Å². The summed E-state index contributed by atoms with van der Waals surface area (Å²) in [5.74, 6) is -0.752. The molecule has 0 aromatic heterocycles. The van der Waals surface area contributed by atoms with Gasteiger partial charge in [0.1, 0.15) is 12.6 Å². The van der Waals surface area contributed by atoms with Gasteiger partial charge in [-0.05, 0) is 59.7 Å². The van der Waals surface area contributed by atoms with Gasteiger partial charge in [-0.3, -0.25) is 13.9 Å². The fourth-order valence-corrected chi connectivity index (χ4v) is 5.86. The Morgan fingerprint density at radius 1 is 0.929 bits per heavy atom. The Balaban J connectivity index is 2.06. The van der Waals surface area contributed by atoms with E-state index in [0.29, 0.717) is 5.69 Å². The first-order chi connectivity index (χ1) is 19.7. The summed E-state index contributed by atoms with van der Waals surface area (Å²) in [7, 11) is -3.82. The Labute approximate surface area is 259 Å². The minimum absolute atomic E-state index is 0.0903. The van der Waals surface area contributed by atoms with Gasteiger partial charge in [0.25, 0.3) is 0 Å². The minimum atomic E-state index is -3.82. The van der Waals surface area contributed by atoms with E-state index in [1.165, 1.54) is 4.90 Å². The summed E-state index contributed by atoms with van der Waals surface area (Å²) in [5.41, 5.74) is 3.04. The van der Waals surface area contributed by atoms with Crippen LogP contribution in [0.3, 0.4) is 0 Å². The molecule has 226 valence electrons. The molecule has 0 aliphatic heterocycles. The molecule has 0 unspecified atom stereocenters. The number of hydrogen-bond acceptors (Lipinski definition) is 4. The van der Waals surface area contributed by atoms with Crippen molar-refractivity contribution >= 4 is 43.5 Å². The van der Waals surface area contributed by atoms with Crippen LogP contribution in [0.1, 0.15) is 57.7 Å². The molecule has 0 bridgehead atoms. The average Bonchev–Trinajstić information content (AvgIpc) is 2.93. The lowest BCUT2D eigenvalue weighted by molar-refractivity contribution is -0.140. The fraction of sp³-hybridized carbons (Fsp3) is 0.394. The zero-order valence-electron chi connectivity index (χ0n) is 25.3. The second-order valence-electron chi connectivity index (χ2n) is 11.7. The molecule has 1 N–H and O–H groups in total. The van der Waals surface area contributed by atoms with Crippen molar-refractivity contribution in [1.29, 1.82) is 0 Å². The third-order valence-corrected chi connectivity index (χ3v) is 8.85. The monoisotopic (exact) mass is 655 g/mol. The average molecular weight is 657 g/mol. The van der Waals surface area contributed by atoms with Crippen molar-refractivity contribution in [2.75, 3.05) is 17.1 Å². The molecule has 42 heavy (non-hydrogen) atoms. The Morgan fingerprint density at radius 2 is 1.55 bits per heavy atom. The number of carbonyl (C=O) groups excluding carboxylic acids is 2. The summed E-state index contributed by atoms with van der Waals surface area (Å²) in [6.45, 7) is 9.83. The summed E-state index contributed by atoms with van der Waals surface area (Å²) < 4.78 is 28.0. The third kappa shape index (κ3) is 9.42. The lowest BCUT2D eigenvalue weighted by atomic mass is 9.87. The van der Waals surface area contributed by atoms with Crippen LogP contribution < -0.4 is 9.62 Å². The molecular weight excluding hydrogens is 614 g/mol. The molecule has 0 saturated carbocycles. The SMILES string of the molecule is CC[C@H](C)NC(=O)[C@@H](Cc1ccccc1)N(Cc1cccc(Br)c1)C(=O)CN(c1ccc(C(C)(C)C)cc1)S(C)(=O)=O. The van der Waals surface area contributed by atoms with Gasteiger partial charge in [-0.25, -0.2) is 8.42 Å². The molecule has 2 amide bonds. The van der Waals surface area contributed by atoms with Gasteiger partial charge in [0.15, 0.2) is 0 Å². The molecule has 0 fully saturated rings. The first-order valence-corrected chi connectivity index (χ1v) is 16.8. The number of nitrogens with one attached hydrogen (secondary N) is 1. The molecular formula is C33H42BrN3O4S. The Hall–Kier alpha value is -3.17. The van der Waals surface area contributed by atoms with E-state index >= 15 is 0 Å². The number of anilines is 1. The molecule has 3 aromatic carbocycles. The number of rotatable bonds is 12. The van der Waals surface area contributed by atoms with E-state index in [-0.39, 0.29) is 30.3 Å². The van der Waals surface area contributed by atoms with E-state index < -0.39 is 28.5 Å². The molecule has 0 spiro atoms. The van der Waals surface area contributed by atoms with Crippen LogP contribution in [0.25, 0.3) is 0 Å². The third-order valence-electron chi connectivity index (χ3n) is 7.21. The van der Waals surface area contributed by atoms with Crippen molar-refractivity contribution in [2.45, 2.75) is 71.5 Å². The highest BCUT2D eigenvalue weighted by atomic mass is 79.9. The van der Waals surface area contributed by atoms with Crippen LogP contribution in [0.4, 0.5) is 5.69 Å². The van der Waals surface area contributed by atoms with Gasteiger partial charge >= 0.3 is 0 Å². The summed E-state index contributed by atoms with van der Waals surface area (Å²) in [6, 6.07) is 23.3. The van der Waals surface area contributed by atoms with Gasteiger partial charge < -0.3 is 10.2 Å². The number of benzene rings is 3. The van der Waals surface area contributed by atoms with E-state index in [1.807, 2.05) is 80.6 Å². The standard InChI is InChI=1S/C33H42BrN3O4S/c1-7-24(2)35-32(39)30(21-25-12-9-8-10-13-25)36(22-26-14-11-15-28(34)20-26)31(38)23-37(42(6,40)41)29-18-16-27(17-19-29)33(3,4)5/h8-20,24,30H,7,21-23H2,1-6H3,(H,35,39)/t24-,30+/m0/s1. The van der Waals surface area contributed by atoms with Crippen molar-refractivity contribution in [3.05, 3.63) is 100 Å². The molecule has 9 heteroatoms. The zero-order valence-corrected chi connectivity index (χ0v) is 27.7. The first-order valence-electron chi connectivity index (χ1n) is 14.2. The number of sulfonamides is 1. The molecule has 0 aliphatic rings. The van der Waals surface area contributed by atoms with Crippen molar-refractivity contribution in [3.63, 3.8) is 0 Å². The van der Waals surface area contributed by atoms with Crippen LogP contribution in [-0.2, 0) is 38.0 Å². The van der Waals surface area contributed by atoms with Crippen molar-refractivity contribution in [2.24, 2.45) is 0 Å². The Kier molecular flexibility index (Phi) is 11.4. The second-order valence-corrected chi connectivity index (χ2v) is 14.6. The number of halogens is 1. The van der Waals surface area contributed by atoms with E-state index in [0.717, 1.165) is 38.1 Å². The van der Waals surface area contributed by atoms with Gasteiger partial charge in [0, 0.05) is 23.5 Å². The lowest BCUT2D eigenvalue weighted by Crippen LogP contribution is -2.54. The first kappa shape index (κ1) is 33.3. The molecule has 7 nitrogen and oxygen atoms in total. The predicted octanol–water partition coefficient (Wildman–Crippen LogP) is 6.07. The molecule has 0 heterocycles. The summed E-state index contributed by atoms with van der Waals surface area (Å²) in [6.07, 6.45) is 2.10. The molecule has 3 aromatic rings. The number of amides is 2. The Bertz CT molecular complexity index is 1450. The van der Waals surface area contributed by atoms with E-state index in [9.17, 15) is 18.0 Å². The van der Waals surface area contributed by atoms with E-state index in [2.05, 4.69) is 42.0 Å². The molecule has 2 atom stereocenters. The zero-order chi connectivity index (χ0) is 31.1. The largest absolute Gasteiger partial charge is 0.352 e. The maximum absolute atomic E-state index is 14.2. The highest BCUT2D eigenvalue weighted by molar-refractivity contribution is 9.10. The number of carbonyl (C=O) groups is 2. The van der Waals surface area contributed by atoms with Crippen LogP contribution in [0, 0.1) is 0 Å². The Morgan fingerprint density at radius 3 is 2.10 bits per heavy atom. The van der Waals surface area contributed by atoms with Gasteiger partial charge in [-0.2, -0.15) is 0 Å². The summed E-state index contributed by atoms with van der Waals surface area (Å²) in [4.78, 5) is 29.5. The molecule has 0 radical (unpaired) electrons. The summed E-state index contributed by atoms with van der Waals surface area (Å²) in [5, 5.41) is 3.04. The van der Waals surface area contributed by atoms with Gasteiger partial charge in [-0.1, -0.05) is 98.2 Å². The van der Waals surface area contributed by atoms with E-state index in [4.69, 9.17) is 0 Å². The van der Waals surface area contributed by atoms with Crippen molar-refractivity contribution in [3.8, 4) is 0 Å². The van der Waals surface area contributed by atoms with Crippen LogP contribution in [0.15, 0.2) is 83.3 Å². The molecule has 3 rings (SSSR count). The molecule has 0 aliphatic carbocycles. The minimum Gasteiger partial charge on any atom is -0.352 e. The smallest absolute Gasteiger partial charge is 0.244 e. The number of nitrogens with zero attached hydrogens (tertiary/aromatic N) is 2. The quantitative estimate of drug-likeness (QED) is 0.257. The van der Waals surface area contributed by atoms with Gasteiger partial charge in [0.2, 0.25) is 21.8 Å². The lowest BCUT2D eigenvalue weighted by Gasteiger charge is -2.34.